The third-order valence-electron chi connectivity index (χ3n) is 4.24. The predicted molar refractivity (Wildman–Crippen MR) is 75.9 cm³/mol. The molecule has 1 unspecified atom stereocenters. The summed E-state index contributed by atoms with van der Waals surface area (Å²) < 4.78 is 0. The molecule has 0 radical (unpaired) electrons. The van der Waals surface area contributed by atoms with Gasteiger partial charge in [0.05, 0.1) is 0 Å². The van der Waals surface area contributed by atoms with Crippen LogP contribution in [0, 0.1) is 0 Å². The normalized spacial score (nSPS) is 25.9. The maximum Gasteiger partial charge on any atom is 0.0451 e. The fourth-order valence-electron chi connectivity index (χ4n) is 3.29. The van der Waals surface area contributed by atoms with Gasteiger partial charge in [0, 0.05) is 24.2 Å². The number of fused-ring (bicyclic) bond motifs is 1. The molecule has 0 N–H and O–H groups in total. The van der Waals surface area contributed by atoms with Gasteiger partial charge in [-0.3, -0.25) is 9.80 Å². The summed E-state index contributed by atoms with van der Waals surface area (Å²) in [7, 11) is 0. The molecule has 2 nitrogen and oxygen atoms in total. The van der Waals surface area contributed by atoms with Gasteiger partial charge in [-0.1, -0.05) is 29.8 Å². The topological polar surface area (TPSA) is 6.48 Å². The Kier molecular flexibility index (Phi) is 3.88. The van der Waals surface area contributed by atoms with Crippen molar-refractivity contribution in [3.8, 4) is 0 Å². The lowest BCUT2D eigenvalue weighted by Crippen LogP contribution is -2.36. The van der Waals surface area contributed by atoms with Gasteiger partial charge in [-0.05, 0) is 50.5 Å². The van der Waals surface area contributed by atoms with Crippen molar-refractivity contribution in [1.82, 2.24) is 9.80 Å². The fraction of sp³-hybridized carbons (Fsp3) is 0.600. The van der Waals surface area contributed by atoms with Crippen molar-refractivity contribution in [2.24, 2.45) is 0 Å². The SMILES string of the molecule is Clc1ccccc1CN1CCCN2CCCC2C1. The minimum atomic E-state index is 0.787. The van der Waals surface area contributed by atoms with Gasteiger partial charge in [-0.15, -0.1) is 0 Å². The van der Waals surface area contributed by atoms with Gasteiger partial charge in [0.25, 0.3) is 0 Å². The third-order valence-corrected chi connectivity index (χ3v) is 4.61. The van der Waals surface area contributed by atoms with Gasteiger partial charge in [0.2, 0.25) is 0 Å². The second-order valence-electron chi connectivity index (χ2n) is 5.51. The van der Waals surface area contributed by atoms with E-state index >= 15 is 0 Å². The standard InChI is InChI=1S/C15H21ClN2/c16-15-7-2-1-5-13(15)11-17-8-4-10-18-9-3-6-14(18)12-17/h1-2,5,7,14H,3-4,6,8-12H2. The molecular weight excluding hydrogens is 244 g/mol. The van der Waals surface area contributed by atoms with Crippen molar-refractivity contribution in [3.63, 3.8) is 0 Å². The molecule has 0 aromatic heterocycles. The molecule has 1 aromatic rings. The zero-order chi connectivity index (χ0) is 12.4. The Morgan fingerprint density at radius 3 is 2.83 bits per heavy atom. The Bertz CT molecular complexity index is 407. The Morgan fingerprint density at radius 2 is 1.94 bits per heavy atom. The molecule has 2 heterocycles. The maximum atomic E-state index is 6.26. The molecule has 0 saturated carbocycles. The second-order valence-corrected chi connectivity index (χ2v) is 5.92. The summed E-state index contributed by atoms with van der Waals surface area (Å²) >= 11 is 6.26. The Morgan fingerprint density at radius 1 is 1.11 bits per heavy atom. The smallest absolute Gasteiger partial charge is 0.0451 e. The van der Waals surface area contributed by atoms with E-state index in [9.17, 15) is 0 Å². The number of hydrogen-bond acceptors (Lipinski definition) is 2. The average molecular weight is 265 g/mol. The lowest BCUT2D eigenvalue weighted by atomic mass is 10.1. The Hall–Kier alpha value is -0.570. The van der Waals surface area contributed by atoms with Gasteiger partial charge < -0.3 is 0 Å². The monoisotopic (exact) mass is 264 g/mol. The molecule has 18 heavy (non-hydrogen) atoms. The average Bonchev–Trinajstić information content (AvgIpc) is 2.71. The number of rotatable bonds is 2. The molecule has 0 aliphatic carbocycles. The van der Waals surface area contributed by atoms with Crippen LogP contribution in [-0.2, 0) is 6.54 Å². The van der Waals surface area contributed by atoms with E-state index in [-0.39, 0.29) is 0 Å². The van der Waals surface area contributed by atoms with Crippen molar-refractivity contribution in [1.29, 1.82) is 0 Å². The lowest BCUT2D eigenvalue weighted by molar-refractivity contribution is 0.215. The van der Waals surface area contributed by atoms with Crippen molar-refractivity contribution < 1.29 is 0 Å². The minimum absolute atomic E-state index is 0.787. The summed E-state index contributed by atoms with van der Waals surface area (Å²) in [6.07, 6.45) is 4.05. The Labute approximate surface area is 115 Å². The van der Waals surface area contributed by atoms with Gasteiger partial charge in [0.1, 0.15) is 0 Å². The molecule has 1 atom stereocenters. The van der Waals surface area contributed by atoms with Crippen LogP contribution in [-0.4, -0.2) is 42.0 Å². The van der Waals surface area contributed by atoms with Crippen LogP contribution < -0.4 is 0 Å². The van der Waals surface area contributed by atoms with Crippen LogP contribution in [0.15, 0.2) is 24.3 Å². The highest BCUT2D eigenvalue weighted by Crippen LogP contribution is 2.23. The van der Waals surface area contributed by atoms with Crippen LogP contribution in [0.1, 0.15) is 24.8 Å². The summed E-state index contributed by atoms with van der Waals surface area (Å²) in [5.74, 6) is 0. The van der Waals surface area contributed by atoms with E-state index in [2.05, 4.69) is 21.9 Å². The fourth-order valence-corrected chi connectivity index (χ4v) is 3.49. The van der Waals surface area contributed by atoms with E-state index in [0.29, 0.717) is 0 Å². The van der Waals surface area contributed by atoms with Gasteiger partial charge in [0.15, 0.2) is 0 Å². The van der Waals surface area contributed by atoms with Crippen molar-refractivity contribution in [2.45, 2.75) is 31.8 Å². The molecule has 0 bridgehead atoms. The number of nitrogens with zero attached hydrogens (tertiary/aromatic N) is 2. The van der Waals surface area contributed by atoms with Gasteiger partial charge in [-0.2, -0.15) is 0 Å². The number of halogens is 1. The van der Waals surface area contributed by atoms with Crippen LogP contribution in [0.2, 0.25) is 5.02 Å². The van der Waals surface area contributed by atoms with E-state index in [0.717, 1.165) is 17.6 Å². The molecule has 98 valence electrons. The first-order valence-corrected chi connectivity index (χ1v) is 7.40. The van der Waals surface area contributed by atoms with Crippen LogP contribution in [0.5, 0.6) is 0 Å². The highest BCUT2D eigenvalue weighted by molar-refractivity contribution is 6.31. The van der Waals surface area contributed by atoms with E-state index in [1.807, 2.05) is 12.1 Å². The van der Waals surface area contributed by atoms with Crippen LogP contribution in [0.25, 0.3) is 0 Å². The molecule has 2 fully saturated rings. The largest absolute Gasteiger partial charge is 0.299 e. The molecular formula is C15H21ClN2. The van der Waals surface area contributed by atoms with Crippen LogP contribution in [0.4, 0.5) is 0 Å². The zero-order valence-electron chi connectivity index (χ0n) is 10.8. The van der Waals surface area contributed by atoms with E-state index in [4.69, 9.17) is 11.6 Å². The third kappa shape index (κ3) is 2.71. The zero-order valence-corrected chi connectivity index (χ0v) is 11.6. The summed E-state index contributed by atoms with van der Waals surface area (Å²) in [5.41, 5.74) is 1.27. The van der Waals surface area contributed by atoms with E-state index < -0.39 is 0 Å². The molecule has 2 aliphatic rings. The number of benzene rings is 1. The lowest BCUT2D eigenvalue weighted by Gasteiger charge is -2.25. The van der Waals surface area contributed by atoms with Gasteiger partial charge >= 0.3 is 0 Å². The first kappa shape index (κ1) is 12.5. The highest BCUT2D eigenvalue weighted by atomic mass is 35.5. The summed E-state index contributed by atoms with van der Waals surface area (Å²) in [5, 5.41) is 0.907. The van der Waals surface area contributed by atoms with E-state index in [1.165, 1.54) is 51.0 Å². The molecule has 0 amide bonds. The molecule has 3 rings (SSSR count). The first-order chi connectivity index (χ1) is 8.83. The molecule has 1 aromatic carbocycles. The van der Waals surface area contributed by atoms with Crippen LogP contribution in [0.3, 0.4) is 0 Å². The highest BCUT2D eigenvalue weighted by Gasteiger charge is 2.28. The summed E-state index contributed by atoms with van der Waals surface area (Å²) in [4.78, 5) is 5.25. The summed E-state index contributed by atoms with van der Waals surface area (Å²) in [6.45, 7) is 6.02. The minimum Gasteiger partial charge on any atom is -0.299 e. The van der Waals surface area contributed by atoms with Crippen molar-refractivity contribution in [3.05, 3.63) is 34.9 Å². The number of hydrogen-bond donors (Lipinski definition) is 0. The van der Waals surface area contributed by atoms with Crippen molar-refractivity contribution >= 4 is 11.6 Å². The first-order valence-electron chi connectivity index (χ1n) is 7.03. The predicted octanol–water partition coefficient (Wildman–Crippen LogP) is 3.01. The molecule has 0 spiro atoms. The van der Waals surface area contributed by atoms with Crippen LogP contribution >= 0.6 is 11.6 Å². The Balaban J connectivity index is 1.67. The summed E-state index contributed by atoms with van der Waals surface area (Å²) in [6, 6.07) is 9.03. The molecule has 2 saturated heterocycles. The van der Waals surface area contributed by atoms with Crippen molar-refractivity contribution in [2.75, 3.05) is 26.2 Å². The quantitative estimate of drug-likeness (QED) is 0.810. The maximum absolute atomic E-state index is 6.26. The van der Waals surface area contributed by atoms with E-state index in [1.54, 1.807) is 0 Å². The molecule has 2 aliphatic heterocycles. The second kappa shape index (κ2) is 5.60. The van der Waals surface area contributed by atoms with Gasteiger partial charge in [-0.25, -0.2) is 0 Å². The molecule has 3 heteroatoms.